The fraction of sp³-hybridized carbons (Fsp3) is 0.444. The molecule has 8 nitrogen and oxygen atoms in total. The maximum Gasteiger partial charge on any atom is 0.254 e. The Hall–Kier alpha value is -2.39. The van der Waals surface area contributed by atoms with Gasteiger partial charge in [0.2, 0.25) is 10.0 Å². The fourth-order valence-electron chi connectivity index (χ4n) is 3.33. The topological polar surface area (TPSA) is 84.7 Å². The molecule has 0 atom stereocenters. The van der Waals surface area contributed by atoms with E-state index in [1.165, 1.54) is 4.31 Å². The van der Waals surface area contributed by atoms with Gasteiger partial charge in [0.05, 0.1) is 18.5 Å². The van der Waals surface area contributed by atoms with Crippen molar-refractivity contribution >= 4 is 15.9 Å². The molecule has 0 unspecified atom stereocenters. The molecule has 0 radical (unpaired) electrons. The van der Waals surface area contributed by atoms with Crippen molar-refractivity contribution in [3.63, 3.8) is 0 Å². The zero-order valence-electron chi connectivity index (χ0n) is 16.0. The molecule has 1 aromatic heterocycles. The summed E-state index contributed by atoms with van der Waals surface area (Å²) >= 11 is 0. The Morgan fingerprint density at radius 3 is 2.37 bits per heavy atom. The second-order valence-electron chi connectivity index (χ2n) is 6.55. The molecule has 0 bridgehead atoms. The highest BCUT2D eigenvalue weighted by Gasteiger charge is 2.34. The Morgan fingerprint density at radius 2 is 1.81 bits per heavy atom. The van der Waals surface area contributed by atoms with Crippen LogP contribution in [0.3, 0.4) is 0 Å². The third kappa shape index (κ3) is 3.57. The number of carbonyl (C=O) groups is 1. The van der Waals surface area contributed by atoms with Gasteiger partial charge < -0.3 is 9.64 Å². The Labute approximate surface area is 159 Å². The first-order valence-corrected chi connectivity index (χ1v) is 10.1. The van der Waals surface area contributed by atoms with Crippen LogP contribution in [0.15, 0.2) is 29.2 Å². The lowest BCUT2D eigenvalue weighted by Gasteiger charge is -2.34. The number of nitrogens with zero attached hydrogens (tertiary/aromatic N) is 4. The van der Waals surface area contributed by atoms with E-state index in [1.54, 1.807) is 61.9 Å². The maximum absolute atomic E-state index is 13.0. The predicted octanol–water partition coefficient (Wildman–Crippen LogP) is 1.19. The molecule has 0 spiro atoms. The van der Waals surface area contributed by atoms with Crippen LogP contribution in [-0.2, 0) is 17.1 Å². The number of methoxy groups -OCH3 is 1. The fourth-order valence-corrected chi connectivity index (χ4v) is 5.15. The molecule has 0 N–H and O–H groups in total. The van der Waals surface area contributed by atoms with E-state index in [9.17, 15) is 13.2 Å². The van der Waals surface area contributed by atoms with Crippen LogP contribution < -0.4 is 4.74 Å². The van der Waals surface area contributed by atoms with Gasteiger partial charge in [0.1, 0.15) is 10.6 Å². The Morgan fingerprint density at radius 1 is 1.15 bits per heavy atom. The van der Waals surface area contributed by atoms with Crippen LogP contribution in [0.1, 0.15) is 21.7 Å². The normalized spacial score (nSPS) is 15.8. The summed E-state index contributed by atoms with van der Waals surface area (Å²) in [5.41, 5.74) is 1.64. The molecule has 1 fully saturated rings. The number of carbonyl (C=O) groups excluding carboxylic acids is 1. The highest BCUT2D eigenvalue weighted by Crippen LogP contribution is 2.24. The van der Waals surface area contributed by atoms with Crippen molar-refractivity contribution in [2.45, 2.75) is 18.7 Å². The summed E-state index contributed by atoms with van der Waals surface area (Å²) < 4.78 is 34.2. The van der Waals surface area contributed by atoms with Gasteiger partial charge in [0.25, 0.3) is 5.91 Å². The highest BCUT2D eigenvalue weighted by atomic mass is 32.2. The van der Waals surface area contributed by atoms with E-state index in [-0.39, 0.29) is 23.9 Å². The first-order valence-electron chi connectivity index (χ1n) is 8.69. The van der Waals surface area contributed by atoms with E-state index in [0.29, 0.717) is 35.8 Å². The third-order valence-electron chi connectivity index (χ3n) is 4.88. The molecule has 0 aliphatic carbocycles. The first-order chi connectivity index (χ1) is 12.8. The van der Waals surface area contributed by atoms with Gasteiger partial charge in [0, 0.05) is 38.8 Å². The number of ether oxygens (including phenoxy) is 1. The van der Waals surface area contributed by atoms with Crippen molar-refractivity contribution in [1.82, 2.24) is 19.0 Å². The Balaban J connectivity index is 1.74. The Bertz CT molecular complexity index is 960. The van der Waals surface area contributed by atoms with Crippen LogP contribution in [0.25, 0.3) is 0 Å². The quantitative estimate of drug-likeness (QED) is 0.780. The number of rotatable bonds is 4. The number of hydrogen-bond acceptors (Lipinski definition) is 5. The van der Waals surface area contributed by atoms with Gasteiger partial charge in [-0.2, -0.15) is 9.40 Å². The van der Waals surface area contributed by atoms with Crippen LogP contribution in [0.2, 0.25) is 0 Å². The third-order valence-corrected chi connectivity index (χ3v) is 7.03. The maximum atomic E-state index is 13.0. The van der Waals surface area contributed by atoms with Crippen LogP contribution in [-0.4, -0.2) is 66.6 Å². The highest BCUT2D eigenvalue weighted by molar-refractivity contribution is 7.89. The Kier molecular flexibility index (Phi) is 5.25. The van der Waals surface area contributed by atoms with Crippen LogP contribution >= 0.6 is 0 Å². The number of aryl methyl sites for hydroxylation is 2. The number of amides is 1. The van der Waals surface area contributed by atoms with Crippen molar-refractivity contribution in [3.05, 3.63) is 41.2 Å². The number of benzene rings is 1. The SMILES string of the molecule is COc1cccc(C(=O)N2CCN(S(=O)(=O)c3c(C)nn(C)c3C)CC2)c1. The summed E-state index contributed by atoms with van der Waals surface area (Å²) in [5, 5.41) is 4.21. The largest absolute Gasteiger partial charge is 0.497 e. The number of aromatic nitrogens is 2. The molecule has 1 amide bonds. The average molecular weight is 392 g/mol. The molecule has 1 aliphatic rings. The summed E-state index contributed by atoms with van der Waals surface area (Å²) in [6.45, 7) is 4.64. The second kappa shape index (κ2) is 7.32. The van der Waals surface area contributed by atoms with Gasteiger partial charge in [-0.1, -0.05) is 6.07 Å². The lowest BCUT2D eigenvalue weighted by atomic mass is 10.1. The van der Waals surface area contributed by atoms with Crippen molar-refractivity contribution in [2.24, 2.45) is 7.05 Å². The molecule has 146 valence electrons. The standard InChI is InChI=1S/C18H24N4O4S/c1-13-17(14(2)20(3)19-13)27(24,25)22-10-8-21(9-11-22)18(23)15-6-5-7-16(12-15)26-4/h5-7,12H,8-11H2,1-4H3. The molecule has 1 aromatic carbocycles. The van der Waals surface area contributed by atoms with Gasteiger partial charge >= 0.3 is 0 Å². The molecular weight excluding hydrogens is 368 g/mol. The van der Waals surface area contributed by atoms with Gasteiger partial charge in [-0.05, 0) is 32.0 Å². The van der Waals surface area contributed by atoms with E-state index in [4.69, 9.17) is 4.74 Å². The van der Waals surface area contributed by atoms with E-state index in [2.05, 4.69) is 5.10 Å². The molecule has 2 aromatic rings. The van der Waals surface area contributed by atoms with Crippen LogP contribution in [0.4, 0.5) is 0 Å². The first kappa shape index (κ1) is 19.4. The minimum atomic E-state index is -3.63. The summed E-state index contributed by atoms with van der Waals surface area (Å²) in [4.78, 5) is 14.6. The lowest BCUT2D eigenvalue weighted by Crippen LogP contribution is -2.50. The summed E-state index contributed by atoms with van der Waals surface area (Å²) in [6, 6.07) is 6.96. The van der Waals surface area contributed by atoms with Gasteiger partial charge in [-0.15, -0.1) is 0 Å². The molecular formula is C18H24N4O4S. The number of hydrogen-bond donors (Lipinski definition) is 0. The molecule has 9 heteroatoms. The van der Waals surface area contributed by atoms with Gasteiger partial charge in [-0.25, -0.2) is 8.42 Å². The minimum Gasteiger partial charge on any atom is -0.497 e. The monoisotopic (exact) mass is 392 g/mol. The zero-order valence-corrected chi connectivity index (χ0v) is 16.8. The van der Waals surface area contributed by atoms with Crippen molar-refractivity contribution in [2.75, 3.05) is 33.3 Å². The van der Waals surface area contributed by atoms with Gasteiger partial charge in [-0.3, -0.25) is 9.48 Å². The molecule has 2 heterocycles. The van der Waals surface area contributed by atoms with E-state index in [0.717, 1.165) is 0 Å². The van der Waals surface area contributed by atoms with Gasteiger partial charge in [0.15, 0.2) is 0 Å². The van der Waals surface area contributed by atoms with E-state index in [1.807, 2.05) is 0 Å². The number of sulfonamides is 1. The lowest BCUT2D eigenvalue weighted by molar-refractivity contribution is 0.0697. The summed E-state index contributed by atoms with van der Waals surface area (Å²) in [6.07, 6.45) is 0. The molecule has 27 heavy (non-hydrogen) atoms. The predicted molar refractivity (Wildman–Crippen MR) is 100 cm³/mol. The van der Waals surface area contributed by atoms with E-state index >= 15 is 0 Å². The van der Waals surface area contributed by atoms with E-state index < -0.39 is 10.0 Å². The van der Waals surface area contributed by atoms with Crippen molar-refractivity contribution in [1.29, 1.82) is 0 Å². The molecule has 3 rings (SSSR count). The second-order valence-corrected chi connectivity index (χ2v) is 8.43. The minimum absolute atomic E-state index is 0.125. The van der Waals surface area contributed by atoms with Crippen LogP contribution in [0.5, 0.6) is 5.75 Å². The van der Waals surface area contributed by atoms with Crippen molar-refractivity contribution < 1.29 is 17.9 Å². The number of piperazine rings is 1. The summed E-state index contributed by atoms with van der Waals surface area (Å²) in [7, 11) is -0.355. The van der Waals surface area contributed by atoms with Crippen LogP contribution in [0, 0.1) is 13.8 Å². The molecule has 1 saturated heterocycles. The molecule has 1 aliphatic heterocycles. The average Bonchev–Trinajstić information content (AvgIpc) is 2.93. The molecule has 0 saturated carbocycles. The smallest absolute Gasteiger partial charge is 0.254 e. The zero-order chi connectivity index (χ0) is 19.8. The van der Waals surface area contributed by atoms with Crippen molar-refractivity contribution in [3.8, 4) is 5.75 Å². The summed E-state index contributed by atoms with van der Waals surface area (Å²) in [5.74, 6) is 0.490.